The standard InChI is InChI=1S/C10H12Cl2N2O/c11-7-10(15)14-6-5-13-9-3-1-8(12)2-4-9/h1-4,13H,5-7H2,(H,14,15). The maximum Gasteiger partial charge on any atom is 0.234 e. The van der Waals surface area contributed by atoms with E-state index in [0.717, 1.165) is 5.69 Å². The van der Waals surface area contributed by atoms with E-state index in [9.17, 15) is 4.79 Å². The average molecular weight is 247 g/mol. The third kappa shape index (κ3) is 4.91. The largest absolute Gasteiger partial charge is 0.383 e. The number of anilines is 1. The SMILES string of the molecule is O=C(CCl)NCCNc1ccc(Cl)cc1. The molecule has 0 aromatic heterocycles. The van der Waals surface area contributed by atoms with E-state index in [2.05, 4.69) is 10.6 Å². The molecule has 1 aromatic rings. The van der Waals surface area contributed by atoms with Crippen LogP contribution in [0.25, 0.3) is 0 Å². The van der Waals surface area contributed by atoms with Gasteiger partial charge in [-0.1, -0.05) is 11.6 Å². The molecule has 0 bridgehead atoms. The molecule has 0 aliphatic carbocycles. The van der Waals surface area contributed by atoms with Crippen molar-refractivity contribution in [3.05, 3.63) is 29.3 Å². The summed E-state index contributed by atoms with van der Waals surface area (Å²) in [4.78, 5) is 10.8. The highest BCUT2D eigenvalue weighted by atomic mass is 35.5. The van der Waals surface area contributed by atoms with Crippen molar-refractivity contribution in [1.29, 1.82) is 0 Å². The van der Waals surface area contributed by atoms with Gasteiger partial charge in [0.1, 0.15) is 5.88 Å². The molecule has 0 aliphatic rings. The van der Waals surface area contributed by atoms with Crippen molar-refractivity contribution in [1.82, 2.24) is 5.32 Å². The molecule has 0 radical (unpaired) electrons. The monoisotopic (exact) mass is 246 g/mol. The molecule has 3 nitrogen and oxygen atoms in total. The number of rotatable bonds is 5. The molecule has 0 saturated carbocycles. The zero-order valence-corrected chi connectivity index (χ0v) is 9.61. The number of carbonyl (C=O) groups excluding carboxylic acids is 1. The van der Waals surface area contributed by atoms with Gasteiger partial charge in [-0.2, -0.15) is 0 Å². The molecule has 1 rings (SSSR count). The first kappa shape index (κ1) is 12.1. The van der Waals surface area contributed by atoms with Crippen molar-refractivity contribution in [3.63, 3.8) is 0 Å². The van der Waals surface area contributed by atoms with Crippen LogP contribution in [-0.2, 0) is 4.79 Å². The van der Waals surface area contributed by atoms with Crippen molar-refractivity contribution in [2.75, 3.05) is 24.3 Å². The Morgan fingerprint density at radius 2 is 1.87 bits per heavy atom. The van der Waals surface area contributed by atoms with Crippen LogP contribution in [0.3, 0.4) is 0 Å². The van der Waals surface area contributed by atoms with Gasteiger partial charge in [0.05, 0.1) is 0 Å². The van der Waals surface area contributed by atoms with Gasteiger partial charge in [0, 0.05) is 23.8 Å². The van der Waals surface area contributed by atoms with Gasteiger partial charge in [-0.05, 0) is 24.3 Å². The second-order valence-electron chi connectivity index (χ2n) is 2.92. The molecular weight excluding hydrogens is 235 g/mol. The lowest BCUT2D eigenvalue weighted by atomic mass is 10.3. The van der Waals surface area contributed by atoms with Gasteiger partial charge >= 0.3 is 0 Å². The molecule has 0 heterocycles. The predicted octanol–water partition coefficient (Wildman–Crippen LogP) is 2.11. The van der Waals surface area contributed by atoms with Crippen LogP contribution >= 0.6 is 23.2 Å². The lowest BCUT2D eigenvalue weighted by Gasteiger charge is -2.06. The molecule has 0 fully saturated rings. The van der Waals surface area contributed by atoms with Crippen molar-refractivity contribution < 1.29 is 4.79 Å². The highest BCUT2D eigenvalue weighted by Crippen LogP contribution is 2.12. The first-order valence-electron chi connectivity index (χ1n) is 4.54. The number of halogens is 2. The minimum absolute atomic E-state index is 0.000937. The fraction of sp³-hybridized carbons (Fsp3) is 0.300. The predicted molar refractivity (Wildman–Crippen MR) is 63.7 cm³/mol. The molecular formula is C10H12Cl2N2O. The van der Waals surface area contributed by atoms with Crippen LogP contribution in [0.4, 0.5) is 5.69 Å². The minimum atomic E-state index is -0.158. The Kier molecular flexibility index (Phi) is 5.29. The highest BCUT2D eigenvalue weighted by Gasteiger charge is 1.96. The van der Waals surface area contributed by atoms with Gasteiger partial charge in [-0.3, -0.25) is 4.79 Å². The van der Waals surface area contributed by atoms with E-state index in [1.165, 1.54) is 0 Å². The number of amides is 1. The summed E-state index contributed by atoms with van der Waals surface area (Å²) >= 11 is 11.1. The van der Waals surface area contributed by atoms with E-state index in [-0.39, 0.29) is 11.8 Å². The number of nitrogens with one attached hydrogen (secondary N) is 2. The summed E-state index contributed by atoms with van der Waals surface area (Å²) in [7, 11) is 0. The van der Waals surface area contributed by atoms with Gasteiger partial charge in [-0.25, -0.2) is 0 Å². The Hall–Kier alpha value is -0.930. The number of benzene rings is 1. The van der Waals surface area contributed by atoms with E-state index in [1.807, 2.05) is 12.1 Å². The average Bonchev–Trinajstić information content (AvgIpc) is 2.26. The van der Waals surface area contributed by atoms with Crippen LogP contribution in [0.5, 0.6) is 0 Å². The molecule has 1 amide bonds. The topological polar surface area (TPSA) is 41.1 Å². The number of hydrogen-bond acceptors (Lipinski definition) is 2. The normalized spacial score (nSPS) is 9.73. The second-order valence-corrected chi connectivity index (χ2v) is 3.62. The summed E-state index contributed by atoms with van der Waals surface area (Å²) in [6.07, 6.45) is 0. The van der Waals surface area contributed by atoms with E-state index in [1.54, 1.807) is 12.1 Å². The summed E-state index contributed by atoms with van der Waals surface area (Å²) in [5.74, 6) is -0.157. The molecule has 0 saturated heterocycles. The molecule has 0 atom stereocenters. The highest BCUT2D eigenvalue weighted by molar-refractivity contribution is 6.30. The first-order chi connectivity index (χ1) is 7.22. The molecule has 1 aromatic carbocycles. The zero-order valence-electron chi connectivity index (χ0n) is 8.09. The number of carbonyl (C=O) groups is 1. The van der Waals surface area contributed by atoms with Crippen LogP contribution in [0.15, 0.2) is 24.3 Å². The maximum absolute atomic E-state index is 10.8. The quantitative estimate of drug-likeness (QED) is 0.618. The van der Waals surface area contributed by atoms with E-state index >= 15 is 0 Å². The Bertz CT molecular complexity index is 314. The number of hydrogen-bond donors (Lipinski definition) is 2. The lowest BCUT2D eigenvalue weighted by molar-refractivity contribution is -0.118. The van der Waals surface area contributed by atoms with Crippen LogP contribution in [0.1, 0.15) is 0 Å². The molecule has 5 heteroatoms. The molecule has 2 N–H and O–H groups in total. The van der Waals surface area contributed by atoms with Crippen LogP contribution in [0.2, 0.25) is 5.02 Å². The zero-order chi connectivity index (χ0) is 11.1. The van der Waals surface area contributed by atoms with Crippen LogP contribution in [-0.4, -0.2) is 24.9 Å². The molecule has 0 spiro atoms. The molecule has 0 unspecified atom stereocenters. The molecule has 15 heavy (non-hydrogen) atoms. The van der Waals surface area contributed by atoms with Crippen molar-refractivity contribution in [3.8, 4) is 0 Å². The van der Waals surface area contributed by atoms with Crippen molar-refractivity contribution in [2.24, 2.45) is 0 Å². The third-order valence-corrected chi connectivity index (χ3v) is 2.24. The fourth-order valence-electron chi connectivity index (χ4n) is 1.02. The van der Waals surface area contributed by atoms with Crippen molar-refractivity contribution in [2.45, 2.75) is 0 Å². The molecule has 0 aliphatic heterocycles. The second kappa shape index (κ2) is 6.53. The van der Waals surface area contributed by atoms with Gasteiger partial charge in [0.15, 0.2) is 0 Å². The van der Waals surface area contributed by atoms with Crippen LogP contribution in [0, 0.1) is 0 Å². The first-order valence-corrected chi connectivity index (χ1v) is 5.45. The Balaban J connectivity index is 2.20. The summed E-state index contributed by atoms with van der Waals surface area (Å²) in [6.45, 7) is 1.21. The van der Waals surface area contributed by atoms with Crippen molar-refractivity contribution >= 4 is 34.8 Å². The Morgan fingerprint density at radius 3 is 2.47 bits per heavy atom. The Labute approximate surface area is 98.8 Å². The van der Waals surface area contributed by atoms with E-state index < -0.39 is 0 Å². The third-order valence-electron chi connectivity index (χ3n) is 1.74. The summed E-state index contributed by atoms with van der Waals surface area (Å²) in [6, 6.07) is 7.37. The fourth-order valence-corrected chi connectivity index (χ4v) is 1.24. The van der Waals surface area contributed by atoms with E-state index in [4.69, 9.17) is 23.2 Å². The smallest absolute Gasteiger partial charge is 0.234 e. The lowest BCUT2D eigenvalue weighted by Crippen LogP contribution is -2.29. The molecule has 82 valence electrons. The van der Waals surface area contributed by atoms with Gasteiger partial charge in [0.25, 0.3) is 0 Å². The minimum Gasteiger partial charge on any atom is -0.383 e. The van der Waals surface area contributed by atoms with E-state index in [0.29, 0.717) is 18.1 Å². The summed E-state index contributed by atoms with van der Waals surface area (Å²) < 4.78 is 0. The van der Waals surface area contributed by atoms with Gasteiger partial charge < -0.3 is 10.6 Å². The van der Waals surface area contributed by atoms with Gasteiger partial charge in [-0.15, -0.1) is 11.6 Å². The Morgan fingerprint density at radius 1 is 1.20 bits per heavy atom. The van der Waals surface area contributed by atoms with Crippen LogP contribution < -0.4 is 10.6 Å². The van der Waals surface area contributed by atoms with Gasteiger partial charge in [0.2, 0.25) is 5.91 Å². The summed E-state index contributed by atoms with van der Waals surface area (Å²) in [5.41, 5.74) is 0.972. The number of alkyl halides is 1. The maximum atomic E-state index is 10.8. The summed E-state index contributed by atoms with van der Waals surface area (Å²) in [5, 5.41) is 6.49.